The van der Waals surface area contributed by atoms with E-state index in [0.717, 1.165) is 12.8 Å². The quantitative estimate of drug-likeness (QED) is 0.592. The molecule has 2 saturated heterocycles. The van der Waals surface area contributed by atoms with Gasteiger partial charge in [-0.2, -0.15) is 0 Å². The lowest BCUT2D eigenvalue weighted by Crippen LogP contribution is -2.60. The van der Waals surface area contributed by atoms with Gasteiger partial charge in [0.1, 0.15) is 11.6 Å². The number of hydrogen-bond acceptors (Lipinski definition) is 5. The van der Waals surface area contributed by atoms with Gasteiger partial charge in [0.2, 0.25) is 17.7 Å². The second-order valence-electron chi connectivity index (χ2n) is 10.9. The van der Waals surface area contributed by atoms with Crippen molar-refractivity contribution in [3.8, 4) is 0 Å². The number of rotatable bonds is 6. The van der Waals surface area contributed by atoms with Crippen molar-refractivity contribution in [3.63, 3.8) is 0 Å². The van der Waals surface area contributed by atoms with Gasteiger partial charge in [-0.05, 0) is 26.2 Å². The van der Waals surface area contributed by atoms with Gasteiger partial charge in [0.25, 0.3) is 0 Å². The molecular weight excluding hydrogens is 434 g/mol. The first kappa shape index (κ1) is 24.9. The lowest BCUT2D eigenvalue weighted by molar-refractivity contribution is -0.157. The summed E-state index contributed by atoms with van der Waals surface area (Å²) in [6.07, 6.45) is 9.35. The number of nitrogens with zero attached hydrogens (tertiary/aromatic N) is 3. The molecule has 34 heavy (non-hydrogen) atoms. The van der Waals surface area contributed by atoms with Crippen LogP contribution in [0.25, 0.3) is 0 Å². The zero-order chi connectivity index (χ0) is 25.0. The Balaban J connectivity index is 1.90. The smallest absolute Gasteiger partial charge is 0.249 e. The fraction of sp³-hybridized carbons (Fsp3) is 0.731. The van der Waals surface area contributed by atoms with Crippen molar-refractivity contribution < 1.29 is 24.2 Å². The van der Waals surface area contributed by atoms with Crippen LogP contribution < -0.4 is 0 Å². The molecule has 188 valence electrons. The van der Waals surface area contributed by atoms with Gasteiger partial charge < -0.3 is 24.5 Å². The minimum absolute atomic E-state index is 0.00458. The van der Waals surface area contributed by atoms with E-state index < -0.39 is 35.1 Å². The van der Waals surface area contributed by atoms with Gasteiger partial charge in [-0.3, -0.25) is 14.4 Å². The number of hydrogen-bond donors (Lipinski definition) is 1. The summed E-state index contributed by atoms with van der Waals surface area (Å²) in [6, 6.07) is -1.49. The first-order chi connectivity index (χ1) is 16.0. The number of carbonyl (C=O) groups is 3. The second kappa shape index (κ2) is 8.79. The van der Waals surface area contributed by atoms with E-state index in [9.17, 15) is 19.5 Å². The molecule has 0 aromatic heterocycles. The molecule has 0 radical (unpaired) electrons. The number of aliphatic hydroxyl groups excluding tert-OH is 1. The maximum absolute atomic E-state index is 14.2. The van der Waals surface area contributed by atoms with E-state index >= 15 is 0 Å². The van der Waals surface area contributed by atoms with E-state index in [-0.39, 0.29) is 36.3 Å². The summed E-state index contributed by atoms with van der Waals surface area (Å²) in [5.41, 5.74) is -2.28. The third-order valence-electron chi connectivity index (χ3n) is 8.28. The largest absolute Gasteiger partial charge is 0.394 e. The van der Waals surface area contributed by atoms with E-state index in [0.29, 0.717) is 13.1 Å². The zero-order valence-electron chi connectivity index (χ0n) is 21.2. The molecular formula is C26H39N3O5. The first-order valence-corrected chi connectivity index (χ1v) is 12.6. The summed E-state index contributed by atoms with van der Waals surface area (Å²) in [5, 5.41) is 10.3. The molecule has 3 amide bonds. The highest BCUT2D eigenvalue weighted by atomic mass is 16.5. The fourth-order valence-electron chi connectivity index (χ4n) is 6.55. The third-order valence-corrected chi connectivity index (χ3v) is 8.28. The molecule has 4 aliphatic rings. The van der Waals surface area contributed by atoms with Crippen LogP contribution in [0.15, 0.2) is 24.3 Å². The summed E-state index contributed by atoms with van der Waals surface area (Å²) < 4.78 is 6.77. The number of likely N-dealkylation sites (N-methyl/N-ethyl adjacent to an activating group) is 1. The molecule has 2 unspecified atom stereocenters. The summed E-state index contributed by atoms with van der Waals surface area (Å²) >= 11 is 0. The van der Waals surface area contributed by atoms with Crippen LogP contribution >= 0.6 is 0 Å². The average molecular weight is 474 g/mol. The van der Waals surface area contributed by atoms with E-state index in [1.54, 1.807) is 16.8 Å². The van der Waals surface area contributed by atoms with Crippen molar-refractivity contribution in [2.75, 3.05) is 26.7 Å². The lowest BCUT2D eigenvalue weighted by Gasteiger charge is -2.42. The monoisotopic (exact) mass is 473 g/mol. The third kappa shape index (κ3) is 3.44. The van der Waals surface area contributed by atoms with Gasteiger partial charge in [0.15, 0.2) is 0 Å². The summed E-state index contributed by atoms with van der Waals surface area (Å²) in [7, 11) is 1.73. The molecule has 4 rings (SSSR count). The van der Waals surface area contributed by atoms with Gasteiger partial charge in [-0.15, -0.1) is 0 Å². The van der Waals surface area contributed by atoms with Gasteiger partial charge in [0, 0.05) is 26.2 Å². The maximum Gasteiger partial charge on any atom is 0.249 e. The molecule has 0 aromatic carbocycles. The molecule has 1 N–H and O–H groups in total. The van der Waals surface area contributed by atoms with Crippen LogP contribution in [0.4, 0.5) is 0 Å². The molecule has 2 fully saturated rings. The summed E-state index contributed by atoms with van der Waals surface area (Å²) in [5.74, 6) is -2.29. The number of ether oxygens (including phenoxy) is 1. The Labute approximate surface area is 202 Å². The molecule has 0 aromatic rings. The predicted octanol–water partition coefficient (Wildman–Crippen LogP) is 1.59. The highest BCUT2D eigenvalue weighted by Gasteiger charge is 2.75. The highest BCUT2D eigenvalue weighted by Crippen LogP contribution is 2.58. The van der Waals surface area contributed by atoms with Crippen LogP contribution in [0.2, 0.25) is 0 Å². The Morgan fingerprint density at radius 1 is 1.06 bits per heavy atom. The van der Waals surface area contributed by atoms with Crippen molar-refractivity contribution in [3.05, 3.63) is 24.3 Å². The van der Waals surface area contributed by atoms with Crippen molar-refractivity contribution in [1.82, 2.24) is 14.7 Å². The van der Waals surface area contributed by atoms with Crippen molar-refractivity contribution in [2.24, 2.45) is 17.8 Å². The van der Waals surface area contributed by atoms with Crippen LogP contribution in [0.3, 0.4) is 0 Å². The Morgan fingerprint density at radius 3 is 2.35 bits per heavy atom. The predicted molar refractivity (Wildman–Crippen MR) is 128 cm³/mol. The van der Waals surface area contributed by atoms with Crippen molar-refractivity contribution in [1.29, 1.82) is 0 Å². The normalized spacial score (nSPS) is 37.0. The van der Waals surface area contributed by atoms with E-state index in [4.69, 9.17) is 4.74 Å². The molecule has 8 heteroatoms. The first-order valence-electron chi connectivity index (χ1n) is 12.6. The highest BCUT2D eigenvalue weighted by molar-refractivity contribution is 6.00. The SMILES string of the molecule is CCCC(C)N1CC=C[C@]23O[C@]4(C)C=CCN(C)C(=O)[C@@H]4[C@H]2C(=O)N([C@@H](CO)C(C)C)C3C1=O. The Morgan fingerprint density at radius 2 is 1.74 bits per heavy atom. The summed E-state index contributed by atoms with van der Waals surface area (Å²) in [4.78, 5) is 47.0. The topological polar surface area (TPSA) is 90.4 Å². The molecule has 0 bridgehead atoms. The van der Waals surface area contributed by atoms with Gasteiger partial charge in [-0.25, -0.2) is 0 Å². The minimum Gasteiger partial charge on any atom is -0.394 e. The molecule has 8 nitrogen and oxygen atoms in total. The number of aliphatic hydroxyl groups is 1. The minimum atomic E-state index is -1.27. The Kier molecular flexibility index (Phi) is 6.44. The van der Waals surface area contributed by atoms with E-state index in [1.807, 2.05) is 56.9 Å². The summed E-state index contributed by atoms with van der Waals surface area (Å²) in [6.45, 7) is 10.4. The lowest BCUT2D eigenvalue weighted by atomic mass is 9.74. The molecule has 4 aliphatic heterocycles. The van der Waals surface area contributed by atoms with Crippen LogP contribution in [-0.2, 0) is 19.1 Å². The van der Waals surface area contributed by atoms with Crippen LogP contribution in [0.5, 0.6) is 0 Å². The average Bonchev–Trinajstić information content (AvgIpc) is 3.04. The van der Waals surface area contributed by atoms with E-state index in [2.05, 4.69) is 6.92 Å². The number of carbonyl (C=O) groups excluding carboxylic acids is 3. The molecule has 7 atom stereocenters. The standard InChI is InChI=1S/C26H39N3O5/c1-7-10-17(4)28-14-9-12-26-20(19-22(31)27(6)13-8-11-25(19,5)34-26)23(32)29(21(26)24(28)33)18(15-30)16(2)3/h8-9,11-12,16-21,30H,7,10,13-15H2,1-6H3/t17?,18-,19-,20-,21?,25+,26-/m0/s1. The van der Waals surface area contributed by atoms with Gasteiger partial charge >= 0.3 is 0 Å². The number of fused-ring (bicyclic) bond motifs is 2. The van der Waals surface area contributed by atoms with Gasteiger partial charge in [-0.1, -0.05) is 51.5 Å². The van der Waals surface area contributed by atoms with E-state index in [1.165, 1.54) is 0 Å². The molecule has 0 aliphatic carbocycles. The Hall–Kier alpha value is -2.19. The number of amides is 3. The van der Waals surface area contributed by atoms with Crippen LogP contribution in [0, 0.1) is 17.8 Å². The van der Waals surface area contributed by atoms with Gasteiger partial charge in [0.05, 0.1) is 30.1 Å². The maximum atomic E-state index is 14.2. The number of likely N-dealkylation sites (tertiary alicyclic amines) is 1. The Bertz CT molecular complexity index is 916. The van der Waals surface area contributed by atoms with Crippen molar-refractivity contribution >= 4 is 17.7 Å². The fourth-order valence-corrected chi connectivity index (χ4v) is 6.55. The molecule has 0 saturated carbocycles. The van der Waals surface area contributed by atoms with Crippen LogP contribution in [0.1, 0.15) is 47.5 Å². The van der Waals surface area contributed by atoms with Crippen molar-refractivity contribution in [2.45, 2.75) is 76.8 Å². The molecule has 1 spiro atoms. The second-order valence-corrected chi connectivity index (χ2v) is 10.9. The molecule has 4 heterocycles. The van der Waals surface area contributed by atoms with Crippen LogP contribution in [-0.4, -0.2) is 93.6 Å². The zero-order valence-corrected chi connectivity index (χ0v) is 21.2.